The second kappa shape index (κ2) is 5.91. The third kappa shape index (κ3) is 3.00. The second-order valence-corrected chi connectivity index (χ2v) is 6.18. The molecule has 2 N–H and O–H groups in total. The lowest BCUT2D eigenvalue weighted by atomic mass is 9.71. The number of nitrogens with zero attached hydrogens (tertiary/aromatic N) is 1. The third-order valence-electron chi connectivity index (χ3n) is 3.99. The fourth-order valence-electron chi connectivity index (χ4n) is 2.57. The van der Waals surface area contributed by atoms with Gasteiger partial charge in [0.15, 0.2) is 0 Å². The number of hydrogen-bond acceptors (Lipinski definition) is 3. The summed E-state index contributed by atoms with van der Waals surface area (Å²) >= 11 is 3.21. The van der Waals surface area contributed by atoms with Crippen molar-refractivity contribution in [3.05, 3.63) is 28.5 Å². The minimum atomic E-state index is -0.892. The van der Waals surface area contributed by atoms with Crippen molar-refractivity contribution in [3.8, 4) is 0 Å². The zero-order chi connectivity index (χ0) is 14.8. The zero-order valence-corrected chi connectivity index (χ0v) is 12.8. The van der Waals surface area contributed by atoms with Crippen LogP contribution in [0, 0.1) is 5.41 Å². The van der Waals surface area contributed by atoms with Gasteiger partial charge >= 0.3 is 5.97 Å². The van der Waals surface area contributed by atoms with Crippen molar-refractivity contribution in [3.63, 3.8) is 0 Å². The number of hydrogen-bond donors (Lipinski definition) is 2. The highest BCUT2D eigenvalue weighted by Gasteiger charge is 2.43. The van der Waals surface area contributed by atoms with Crippen LogP contribution in [0.15, 0.2) is 22.9 Å². The maximum Gasteiger partial charge on any atom is 0.311 e. The van der Waals surface area contributed by atoms with Crippen molar-refractivity contribution < 1.29 is 14.7 Å². The topological polar surface area (TPSA) is 79.3 Å². The largest absolute Gasteiger partial charge is 0.481 e. The van der Waals surface area contributed by atoms with Gasteiger partial charge in [0.05, 0.1) is 11.0 Å². The number of rotatable bonds is 3. The van der Waals surface area contributed by atoms with Gasteiger partial charge in [0.2, 0.25) is 0 Å². The van der Waals surface area contributed by atoms with Crippen LogP contribution in [0.4, 0.5) is 0 Å². The molecule has 2 rings (SSSR count). The van der Waals surface area contributed by atoms with Crippen molar-refractivity contribution in [1.82, 2.24) is 10.3 Å². The van der Waals surface area contributed by atoms with Crippen LogP contribution < -0.4 is 5.32 Å². The molecule has 0 spiro atoms. The monoisotopic (exact) mass is 340 g/mol. The van der Waals surface area contributed by atoms with Crippen molar-refractivity contribution in [2.75, 3.05) is 0 Å². The van der Waals surface area contributed by atoms with Crippen molar-refractivity contribution in [1.29, 1.82) is 0 Å². The minimum Gasteiger partial charge on any atom is -0.481 e. The smallest absolute Gasteiger partial charge is 0.311 e. The number of amides is 1. The van der Waals surface area contributed by atoms with Crippen LogP contribution in [0.5, 0.6) is 0 Å². The molecule has 0 aromatic carbocycles. The molecule has 108 valence electrons. The third-order valence-corrected chi connectivity index (χ3v) is 4.46. The summed E-state index contributed by atoms with van der Waals surface area (Å²) in [6.45, 7) is 1.71. The van der Waals surface area contributed by atoms with Gasteiger partial charge < -0.3 is 10.4 Å². The van der Waals surface area contributed by atoms with E-state index in [9.17, 15) is 14.7 Å². The Labute approximate surface area is 125 Å². The fourth-order valence-corrected chi connectivity index (χ4v) is 2.81. The van der Waals surface area contributed by atoms with E-state index in [0.29, 0.717) is 23.0 Å². The Morgan fingerprint density at radius 2 is 2.20 bits per heavy atom. The highest BCUT2D eigenvalue weighted by molar-refractivity contribution is 9.10. The number of carbonyl (C=O) groups is 2. The molecule has 1 aliphatic rings. The second-order valence-electron chi connectivity index (χ2n) is 5.36. The molecule has 0 bridgehead atoms. The lowest BCUT2D eigenvalue weighted by Gasteiger charge is -2.38. The van der Waals surface area contributed by atoms with E-state index in [1.54, 1.807) is 19.1 Å². The van der Waals surface area contributed by atoms with Crippen LogP contribution in [-0.2, 0) is 4.79 Å². The SMILES string of the molecule is CC1(C(=O)O)CCCCC1NC(=O)c1ccc(Br)nc1. The Morgan fingerprint density at radius 3 is 2.80 bits per heavy atom. The quantitative estimate of drug-likeness (QED) is 0.829. The summed E-state index contributed by atoms with van der Waals surface area (Å²) in [7, 11) is 0. The average Bonchev–Trinajstić information content (AvgIpc) is 2.42. The molecule has 1 amide bonds. The van der Waals surface area contributed by atoms with Crippen LogP contribution in [0.3, 0.4) is 0 Å². The minimum absolute atomic E-state index is 0.274. The van der Waals surface area contributed by atoms with Crippen LogP contribution in [0.25, 0.3) is 0 Å². The van der Waals surface area contributed by atoms with Gasteiger partial charge in [-0.25, -0.2) is 4.98 Å². The summed E-state index contributed by atoms with van der Waals surface area (Å²) in [6, 6.07) is 3.00. The van der Waals surface area contributed by atoms with E-state index < -0.39 is 11.4 Å². The van der Waals surface area contributed by atoms with E-state index in [2.05, 4.69) is 26.2 Å². The molecule has 1 heterocycles. The van der Waals surface area contributed by atoms with Crippen LogP contribution in [0.1, 0.15) is 43.0 Å². The maximum atomic E-state index is 12.2. The Balaban J connectivity index is 2.13. The summed E-state index contributed by atoms with van der Waals surface area (Å²) in [5, 5.41) is 12.3. The summed E-state index contributed by atoms with van der Waals surface area (Å²) in [4.78, 5) is 27.7. The maximum absolute atomic E-state index is 12.2. The van der Waals surface area contributed by atoms with Gasteiger partial charge in [-0.15, -0.1) is 0 Å². The van der Waals surface area contributed by atoms with Crippen LogP contribution in [-0.4, -0.2) is 28.0 Å². The lowest BCUT2D eigenvalue weighted by molar-refractivity contribution is -0.151. The molecule has 1 saturated carbocycles. The molecule has 5 nitrogen and oxygen atoms in total. The molecular formula is C14H17BrN2O3. The first kappa shape index (κ1) is 15.0. The van der Waals surface area contributed by atoms with E-state index >= 15 is 0 Å². The molecule has 0 radical (unpaired) electrons. The Kier molecular flexibility index (Phi) is 4.42. The van der Waals surface area contributed by atoms with E-state index in [4.69, 9.17) is 0 Å². The molecule has 1 aromatic heterocycles. The van der Waals surface area contributed by atoms with Crippen molar-refractivity contribution in [2.45, 2.75) is 38.6 Å². The van der Waals surface area contributed by atoms with Gasteiger partial charge in [0, 0.05) is 12.2 Å². The first-order chi connectivity index (χ1) is 9.43. The van der Waals surface area contributed by atoms with E-state index in [0.717, 1.165) is 12.8 Å². The van der Waals surface area contributed by atoms with Crippen molar-refractivity contribution >= 4 is 27.8 Å². The van der Waals surface area contributed by atoms with Gasteiger partial charge in [-0.1, -0.05) is 12.8 Å². The molecular weight excluding hydrogens is 324 g/mol. The van der Waals surface area contributed by atoms with Crippen LogP contribution >= 0.6 is 15.9 Å². The highest BCUT2D eigenvalue weighted by Crippen LogP contribution is 2.36. The number of pyridine rings is 1. The first-order valence-corrected chi connectivity index (χ1v) is 7.38. The number of carboxylic acids is 1. The highest BCUT2D eigenvalue weighted by atomic mass is 79.9. The average molecular weight is 341 g/mol. The van der Waals surface area contributed by atoms with Gasteiger partial charge in [-0.2, -0.15) is 0 Å². The van der Waals surface area contributed by atoms with Gasteiger partial charge in [-0.3, -0.25) is 9.59 Å². The van der Waals surface area contributed by atoms with E-state index in [1.807, 2.05) is 0 Å². The van der Waals surface area contributed by atoms with E-state index in [-0.39, 0.29) is 11.9 Å². The predicted octanol–water partition coefficient (Wildman–Crippen LogP) is 2.61. The molecule has 2 unspecified atom stereocenters. The van der Waals surface area contributed by atoms with Crippen molar-refractivity contribution in [2.24, 2.45) is 5.41 Å². The molecule has 0 aliphatic heterocycles. The Hall–Kier alpha value is -1.43. The summed E-state index contributed by atoms with van der Waals surface area (Å²) in [5.74, 6) is -1.12. The zero-order valence-electron chi connectivity index (χ0n) is 11.2. The summed E-state index contributed by atoms with van der Waals surface area (Å²) < 4.78 is 0.655. The molecule has 1 aromatic rings. The van der Waals surface area contributed by atoms with Gasteiger partial charge in [0.25, 0.3) is 5.91 Å². The fraction of sp³-hybridized carbons (Fsp3) is 0.500. The predicted molar refractivity (Wildman–Crippen MR) is 77.4 cm³/mol. The molecule has 1 aliphatic carbocycles. The molecule has 2 atom stereocenters. The molecule has 1 fully saturated rings. The summed E-state index contributed by atoms with van der Waals surface area (Å²) in [5.41, 5.74) is -0.456. The number of carboxylic acid groups (broad SMARTS) is 1. The number of carbonyl (C=O) groups excluding carboxylic acids is 1. The molecule has 20 heavy (non-hydrogen) atoms. The number of halogens is 1. The van der Waals surface area contributed by atoms with E-state index in [1.165, 1.54) is 6.20 Å². The first-order valence-electron chi connectivity index (χ1n) is 6.59. The Bertz CT molecular complexity index is 518. The number of aromatic nitrogens is 1. The number of nitrogens with one attached hydrogen (secondary N) is 1. The summed E-state index contributed by atoms with van der Waals surface area (Å²) in [6.07, 6.45) is 4.58. The normalized spacial score (nSPS) is 26.0. The Morgan fingerprint density at radius 1 is 1.45 bits per heavy atom. The van der Waals surface area contributed by atoms with Crippen LogP contribution in [0.2, 0.25) is 0 Å². The number of aliphatic carboxylic acids is 1. The standard InChI is InChI=1S/C14H17BrN2O3/c1-14(13(19)20)7-3-2-4-10(14)17-12(18)9-5-6-11(15)16-8-9/h5-6,8,10H,2-4,7H2,1H3,(H,17,18)(H,19,20). The van der Waals surface area contributed by atoms with Gasteiger partial charge in [-0.05, 0) is 47.8 Å². The molecule has 0 saturated heterocycles. The van der Waals surface area contributed by atoms with Gasteiger partial charge in [0.1, 0.15) is 4.60 Å². The lowest BCUT2D eigenvalue weighted by Crippen LogP contribution is -2.52. The molecule has 6 heteroatoms.